The van der Waals surface area contributed by atoms with E-state index in [2.05, 4.69) is 21.2 Å². The molecule has 0 unspecified atom stereocenters. The fourth-order valence-electron chi connectivity index (χ4n) is 1.15. The lowest BCUT2D eigenvalue weighted by molar-refractivity contribution is -0.146. The second kappa shape index (κ2) is 7.81. The van der Waals surface area contributed by atoms with Crippen molar-refractivity contribution in [2.75, 3.05) is 11.9 Å². The summed E-state index contributed by atoms with van der Waals surface area (Å²) in [5, 5.41) is 13.1. The third kappa shape index (κ3) is 5.32. The predicted octanol–water partition coefficient (Wildman–Crippen LogP) is 2.91. The normalized spacial score (nSPS) is 9.53. The van der Waals surface area contributed by atoms with Crippen molar-refractivity contribution in [2.24, 2.45) is 0 Å². The van der Waals surface area contributed by atoms with E-state index >= 15 is 0 Å². The van der Waals surface area contributed by atoms with E-state index in [4.69, 9.17) is 10.00 Å². The first-order valence-corrected chi connectivity index (χ1v) is 6.98. The molecule has 0 aliphatic carbocycles. The predicted molar refractivity (Wildman–Crippen MR) is 75.5 cm³/mol. The number of hydrogen-bond donors (Lipinski definition) is 1. The Bertz CT molecular complexity index is 528. The summed E-state index contributed by atoms with van der Waals surface area (Å²) in [6.45, 7) is 1.34. The fourth-order valence-corrected chi connectivity index (χ4v) is 2.20. The Morgan fingerprint density at radius 2 is 2.26 bits per heavy atom. The summed E-state index contributed by atoms with van der Waals surface area (Å²) >= 11 is 4.32. The number of esters is 1. The third-order valence-electron chi connectivity index (χ3n) is 2.03. The van der Waals surface area contributed by atoms with Gasteiger partial charge in [-0.25, -0.2) is 0 Å². The molecule has 0 radical (unpaired) electrons. The van der Waals surface area contributed by atoms with Gasteiger partial charge in [0, 0.05) is 15.8 Å². The summed E-state index contributed by atoms with van der Waals surface area (Å²) < 4.78 is 5.37. The molecule has 0 aliphatic heterocycles. The minimum Gasteiger partial charge on any atom is -0.456 e. The first kappa shape index (κ1) is 15.5. The number of anilines is 1. The minimum absolute atomic E-state index is 0.233. The smallest absolute Gasteiger partial charge is 0.306 e. The van der Waals surface area contributed by atoms with Gasteiger partial charge in [-0.15, -0.1) is 0 Å². The van der Waals surface area contributed by atoms with Gasteiger partial charge in [0.05, 0.1) is 5.69 Å². The van der Waals surface area contributed by atoms with Gasteiger partial charge >= 0.3 is 5.97 Å². The molecule has 0 atom stereocenters. The van der Waals surface area contributed by atoms with Crippen LogP contribution in [0.5, 0.6) is 0 Å². The van der Waals surface area contributed by atoms with Gasteiger partial charge in [0.1, 0.15) is 5.40 Å². The van der Waals surface area contributed by atoms with Gasteiger partial charge in [0.15, 0.2) is 6.61 Å². The number of thiocyanates is 1. The molecule has 19 heavy (non-hydrogen) atoms. The molecule has 0 saturated carbocycles. The van der Waals surface area contributed by atoms with Gasteiger partial charge in [-0.05, 0) is 45.9 Å². The highest BCUT2D eigenvalue weighted by Gasteiger charge is 2.09. The number of halogens is 1. The molecular weight excluding hydrogens is 332 g/mol. The van der Waals surface area contributed by atoms with Crippen molar-refractivity contribution < 1.29 is 14.3 Å². The second-order valence-corrected chi connectivity index (χ2v) is 5.11. The van der Waals surface area contributed by atoms with Crippen LogP contribution >= 0.6 is 27.7 Å². The van der Waals surface area contributed by atoms with Gasteiger partial charge in [0.2, 0.25) is 0 Å². The zero-order valence-corrected chi connectivity index (χ0v) is 12.5. The van der Waals surface area contributed by atoms with E-state index in [0.29, 0.717) is 10.2 Å². The molecule has 1 N–H and O–H groups in total. The molecule has 100 valence electrons. The van der Waals surface area contributed by atoms with Crippen LogP contribution in [0.1, 0.15) is 13.3 Å². The second-order valence-electron chi connectivity index (χ2n) is 3.40. The Hall–Kier alpha value is -1.52. The molecule has 0 heterocycles. The average molecular weight is 343 g/mol. The molecule has 0 aliphatic rings. The van der Waals surface area contributed by atoms with Crippen molar-refractivity contribution >= 4 is 45.3 Å². The molecule has 1 rings (SSSR count). The summed E-state index contributed by atoms with van der Waals surface area (Å²) in [6.07, 6.45) is 0.233. The van der Waals surface area contributed by atoms with Crippen LogP contribution < -0.4 is 5.32 Å². The van der Waals surface area contributed by atoms with Crippen molar-refractivity contribution in [3.63, 3.8) is 0 Å². The maximum Gasteiger partial charge on any atom is 0.306 e. The first-order valence-electron chi connectivity index (χ1n) is 5.37. The summed E-state index contributed by atoms with van der Waals surface area (Å²) in [4.78, 5) is 23.2. The van der Waals surface area contributed by atoms with Crippen LogP contribution in [0.4, 0.5) is 5.69 Å². The van der Waals surface area contributed by atoms with Crippen molar-refractivity contribution in [1.82, 2.24) is 0 Å². The van der Waals surface area contributed by atoms with Crippen LogP contribution in [-0.2, 0) is 14.3 Å². The van der Waals surface area contributed by atoms with Gasteiger partial charge in [-0.2, -0.15) is 5.26 Å². The van der Waals surface area contributed by atoms with E-state index in [0.717, 1.165) is 16.7 Å². The molecule has 0 saturated heterocycles. The van der Waals surface area contributed by atoms with Crippen molar-refractivity contribution in [2.45, 2.75) is 18.2 Å². The number of ether oxygens (including phenoxy) is 1. The van der Waals surface area contributed by atoms with Crippen LogP contribution in [0, 0.1) is 10.7 Å². The summed E-state index contributed by atoms with van der Waals surface area (Å²) in [5.41, 5.74) is 0.555. The highest BCUT2D eigenvalue weighted by atomic mass is 79.9. The number of carbonyl (C=O) groups excluding carboxylic acids is 2. The Morgan fingerprint density at radius 3 is 2.84 bits per heavy atom. The maximum atomic E-state index is 11.5. The lowest BCUT2D eigenvalue weighted by Crippen LogP contribution is -2.20. The van der Waals surface area contributed by atoms with Crippen molar-refractivity contribution in [3.8, 4) is 5.40 Å². The van der Waals surface area contributed by atoms with E-state index in [1.165, 1.54) is 0 Å². The number of amides is 1. The highest BCUT2D eigenvalue weighted by molar-refractivity contribution is 9.10. The quantitative estimate of drug-likeness (QED) is 0.505. The van der Waals surface area contributed by atoms with Gasteiger partial charge in [-0.1, -0.05) is 6.92 Å². The SMILES string of the molecule is CCC(=O)OCC(=O)Nc1ccc(SC#N)cc1Br. The lowest BCUT2D eigenvalue weighted by Gasteiger charge is -2.08. The van der Waals surface area contributed by atoms with Gasteiger partial charge in [0.25, 0.3) is 5.91 Å². The minimum atomic E-state index is -0.421. The molecule has 0 bridgehead atoms. The Balaban J connectivity index is 2.60. The molecule has 1 amide bonds. The Labute approximate surface area is 123 Å². The molecule has 0 spiro atoms. The highest BCUT2D eigenvalue weighted by Crippen LogP contribution is 2.28. The number of hydrogen-bond acceptors (Lipinski definition) is 5. The molecule has 0 aromatic heterocycles. The van der Waals surface area contributed by atoms with Gasteiger partial charge in [-0.3, -0.25) is 9.59 Å². The number of benzene rings is 1. The Morgan fingerprint density at radius 1 is 1.53 bits per heavy atom. The van der Waals surface area contributed by atoms with Crippen molar-refractivity contribution in [1.29, 1.82) is 5.26 Å². The van der Waals surface area contributed by atoms with Crippen LogP contribution in [-0.4, -0.2) is 18.5 Å². The molecule has 5 nitrogen and oxygen atoms in total. The van der Waals surface area contributed by atoms with Gasteiger partial charge < -0.3 is 10.1 Å². The average Bonchev–Trinajstić information content (AvgIpc) is 2.39. The number of nitriles is 1. The zero-order chi connectivity index (χ0) is 14.3. The lowest BCUT2D eigenvalue weighted by atomic mass is 10.3. The molecule has 1 aromatic carbocycles. The number of rotatable bonds is 5. The molecule has 0 fully saturated rings. The zero-order valence-electron chi connectivity index (χ0n) is 10.1. The summed E-state index contributed by atoms with van der Waals surface area (Å²) in [6, 6.07) is 5.11. The van der Waals surface area contributed by atoms with E-state index < -0.39 is 11.9 Å². The standard InChI is InChI=1S/C12H11BrN2O3S/c1-2-12(17)18-6-11(16)15-10-4-3-8(19-7-14)5-9(10)13/h3-5H,2,6H2,1H3,(H,15,16). The third-order valence-corrected chi connectivity index (χ3v) is 3.27. The summed E-state index contributed by atoms with van der Waals surface area (Å²) in [7, 11) is 0. The van der Waals surface area contributed by atoms with E-state index in [9.17, 15) is 9.59 Å². The van der Waals surface area contributed by atoms with Crippen LogP contribution in [0.2, 0.25) is 0 Å². The molecule has 1 aromatic rings. The monoisotopic (exact) mass is 342 g/mol. The molecule has 7 heteroatoms. The number of nitrogens with one attached hydrogen (secondary N) is 1. The van der Waals surface area contributed by atoms with E-state index in [1.54, 1.807) is 25.1 Å². The number of thioether (sulfide) groups is 1. The summed E-state index contributed by atoms with van der Waals surface area (Å²) in [5.74, 6) is -0.835. The largest absolute Gasteiger partial charge is 0.456 e. The molecular formula is C12H11BrN2O3S. The van der Waals surface area contributed by atoms with Crippen LogP contribution in [0.25, 0.3) is 0 Å². The number of carbonyl (C=O) groups is 2. The maximum absolute atomic E-state index is 11.5. The Kier molecular flexibility index (Phi) is 6.39. The van der Waals surface area contributed by atoms with Crippen LogP contribution in [0.3, 0.4) is 0 Å². The fraction of sp³-hybridized carbons (Fsp3) is 0.250. The van der Waals surface area contributed by atoms with E-state index in [1.807, 2.05) is 5.40 Å². The topological polar surface area (TPSA) is 79.2 Å². The van der Waals surface area contributed by atoms with Crippen molar-refractivity contribution in [3.05, 3.63) is 22.7 Å². The number of nitrogens with zero attached hydrogens (tertiary/aromatic N) is 1. The van der Waals surface area contributed by atoms with Crippen LogP contribution in [0.15, 0.2) is 27.6 Å². The van der Waals surface area contributed by atoms with E-state index in [-0.39, 0.29) is 13.0 Å². The first-order chi connectivity index (χ1) is 9.06.